The Morgan fingerprint density at radius 1 is 1.32 bits per heavy atom. The van der Waals surface area contributed by atoms with Gasteiger partial charge >= 0.3 is 0 Å². The lowest BCUT2D eigenvalue weighted by molar-refractivity contribution is -0.121. The Labute approximate surface area is 165 Å². The van der Waals surface area contributed by atoms with Crippen LogP contribution in [0.3, 0.4) is 0 Å². The summed E-state index contributed by atoms with van der Waals surface area (Å²) in [6.07, 6.45) is 5.14. The number of amides is 1. The topological polar surface area (TPSA) is 70.2 Å². The molecule has 150 valence electrons. The maximum atomic E-state index is 13.2. The molecule has 0 radical (unpaired) electrons. The summed E-state index contributed by atoms with van der Waals surface area (Å²) < 4.78 is 13.2. The molecule has 0 unspecified atom stereocenters. The summed E-state index contributed by atoms with van der Waals surface area (Å²) in [4.78, 5) is 23.1. The van der Waals surface area contributed by atoms with Gasteiger partial charge in [-0.25, -0.2) is 14.4 Å². The zero-order chi connectivity index (χ0) is 19.8. The Hall–Kier alpha value is -2.70. The molecule has 0 bridgehead atoms. The van der Waals surface area contributed by atoms with E-state index in [9.17, 15) is 9.18 Å². The summed E-state index contributed by atoms with van der Waals surface area (Å²) in [5, 5.41) is 6.10. The van der Waals surface area contributed by atoms with Crippen LogP contribution in [0, 0.1) is 11.7 Å². The molecular formula is C21H28FN5O. The van der Waals surface area contributed by atoms with Crippen molar-refractivity contribution >= 4 is 17.5 Å². The van der Waals surface area contributed by atoms with E-state index in [-0.39, 0.29) is 11.7 Å². The second-order valence-electron chi connectivity index (χ2n) is 7.19. The minimum Gasteiger partial charge on any atom is -0.370 e. The standard InChI is InChI=1S/C21H28FN5O/c1-2-23-19-12-20(26-15-25-19)27-10-4-6-16(14-27)8-9-21(28)24-13-17-5-3-7-18(22)11-17/h3,5,7,11-12,15-16H,2,4,6,8-10,13-14H2,1H3,(H,24,28)(H,23,25,26)/t16-/m0/s1. The number of hydrogen-bond donors (Lipinski definition) is 2. The van der Waals surface area contributed by atoms with Gasteiger partial charge in [-0.3, -0.25) is 4.79 Å². The van der Waals surface area contributed by atoms with Gasteiger partial charge in [0, 0.05) is 38.7 Å². The minimum atomic E-state index is -0.281. The molecule has 3 rings (SSSR count). The molecule has 0 aliphatic carbocycles. The lowest BCUT2D eigenvalue weighted by atomic mass is 9.93. The number of halogens is 1. The van der Waals surface area contributed by atoms with Crippen molar-refractivity contribution in [3.63, 3.8) is 0 Å². The first kappa shape index (κ1) is 20.0. The van der Waals surface area contributed by atoms with Crippen LogP contribution in [0.4, 0.5) is 16.0 Å². The Morgan fingerprint density at radius 2 is 2.21 bits per heavy atom. The number of anilines is 2. The lowest BCUT2D eigenvalue weighted by Crippen LogP contribution is -2.36. The van der Waals surface area contributed by atoms with Crippen molar-refractivity contribution in [3.05, 3.63) is 48.0 Å². The van der Waals surface area contributed by atoms with E-state index in [0.29, 0.717) is 18.9 Å². The maximum absolute atomic E-state index is 13.2. The van der Waals surface area contributed by atoms with Gasteiger partial charge in [-0.2, -0.15) is 0 Å². The Balaban J connectivity index is 1.45. The van der Waals surface area contributed by atoms with Gasteiger partial charge < -0.3 is 15.5 Å². The van der Waals surface area contributed by atoms with Crippen LogP contribution in [-0.4, -0.2) is 35.5 Å². The third-order valence-corrected chi connectivity index (χ3v) is 5.01. The molecule has 0 saturated carbocycles. The summed E-state index contributed by atoms with van der Waals surface area (Å²) in [7, 11) is 0. The van der Waals surface area contributed by atoms with Gasteiger partial charge in [0.25, 0.3) is 0 Å². The van der Waals surface area contributed by atoms with E-state index in [2.05, 4.69) is 25.5 Å². The third kappa shape index (κ3) is 5.90. The number of carbonyl (C=O) groups is 1. The van der Waals surface area contributed by atoms with Gasteiger partial charge in [-0.1, -0.05) is 12.1 Å². The van der Waals surface area contributed by atoms with Crippen molar-refractivity contribution in [3.8, 4) is 0 Å². The predicted molar refractivity (Wildman–Crippen MR) is 109 cm³/mol. The van der Waals surface area contributed by atoms with E-state index in [0.717, 1.165) is 56.1 Å². The van der Waals surface area contributed by atoms with E-state index >= 15 is 0 Å². The average Bonchev–Trinajstić information content (AvgIpc) is 2.71. The van der Waals surface area contributed by atoms with E-state index in [1.807, 2.05) is 19.1 Å². The molecular weight excluding hydrogens is 357 g/mol. The fraction of sp³-hybridized carbons (Fsp3) is 0.476. The van der Waals surface area contributed by atoms with Gasteiger partial charge in [0.2, 0.25) is 5.91 Å². The van der Waals surface area contributed by atoms with Crippen LogP contribution in [-0.2, 0) is 11.3 Å². The summed E-state index contributed by atoms with van der Waals surface area (Å²) in [6.45, 7) is 5.11. The fourth-order valence-corrected chi connectivity index (χ4v) is 3.58. The largest absolute Gasteiger partial charge is 0.370 e. The molecule has 1 saturated heterocycles. The van der Waals surface area contributed by atoms with Crippen LogP contribution in [0.2, 0.25) is 0 Å². The van der Waals surface area contributed by atoms with Crippen molar-refractivity contribution in [2.75, 3.05) is 29.9 Å². The molecule has 2 N–H and O–H groups in total. The molecule has 1 fully saturated rings. The van der Waals surface area contributed by atoms with E-state index in [4.69, 9.17) is 0 Å². The molecule has 1 aromatic heterocycles. The van der Waals surface area contributed by atoms with Crippen molar-refractivity contribution in [2.45, 2.75) is 39.2 Å². The van der Waals surface area contributed by atoms with Gasteiger partial charge in [-0.15, -0.1) is 0 Å². The predicted octanol–water partition coefficient (Wildman–Crippen LogP) is 3.36. The number of aromatic nitrogens is 2. The van der Waals surface area contributed by atoms with Crippen molar-refractivity contribution in [2.24, 2.45) is 5.92 Å². The van der Waals surface area contributed by atoms with Crippen molar-refractivity contribution < 1.29 is 9.18 Å². The summed E-state index contributed by atoms with van der Waals surface area (Å²) in [6, 6.07) is 8.30. The number of piperidine rings is 1. The molecule has 0 spiro atoms. The molecule has 1 atom stereocenters. The first-order valence-corrected chi connectivity index (χ1v) is 9.96. The zero-order valence-electron chi connectivity index (χ0n) is 16.3. The van der Waals surface area contributed by atoms with Gasteiger partial charge in [0.15, 0.2) is 0 Å². The lowest BCUT2D eigenvalue weighted by Gasteiger charge is -2.33. The number of rotatable bonds is 8. The molecule has 6 nitrogen and oxygen atoms in total. The van der Waals surface area contributed by atoms with Crippen molar-refractivity contribution in [1.29, 1.82) is 0 Å². The number of nitrogens with zero attached hydrogens (tertiary/aromatic N) is 3. The highest BCUT2D eigenvalue weighted by atomic mass is 19.1. The highest BCUT2D eigenvalue weighted by Gasteiger charge is 2.22. The van der Waals surface area contributed by atoms with Crippen molar-refractivity contribution in [1.82, 2.24) is 15.3 Å². The Bertz CT molecular complexity index is 785. The van der Waals surface area contributed by atoms with Gasteiger partial charge in [0.05, 0.1) is 0 Å². The van der Waals surface area contributed by atoms with Crippen LogP contribution in [0.15, 0.2) is 36.7 Å². The highest BCUT2D eigenvalue weighted by Crippen LogP contribution is 2.25. The molecule has 1 aromatic carbocycles. The molecule has 1 aliphatic rings. The summed E-state index contributed by atoms with van der Waals surface area (Å²) >= 11 is 0. The van der Waals surface area contributed by atoms with E-state index in [1.165, 1.54) is 12.1 Å². The minimum absolute atomic E-state index is 0.0119. The van der Waals surface area contributed by atoms with Gasteiger partial charge in [0.1, 0.15) is 23.8 Å². The quantitative estimate of drug-likeness (QED) is 0.729. The van der Waals surface area contributed by atoms with E-state index < -0.39 is 0 Å². The first-order valence-electron chi connectivity index (χ1n) is 9.96. The number of benzene rings is 1. The number of hydrogen-bond acceptors (Lipinski definition) is 5. The second-order valence-corrected chi connectivity index (χ2v) is 7.19. The summed E-state index contributed by atoms with van der Waals surface area (Å²) in [5.41, 5.74) is 0.775. The molecule has 1 amide bonds. The molecule has 28 heavy (non-hydrogen) atoms. The van der Waals surface area contributed by atoms with Crippen LogP contribution >= 0.6 is 0 Å². The normalized spacial score (nSPS) is 16.6. The van der Waals surface area contributed by atoms with Crippen LogP contribution in [0.5, 0.6) is 0 Å². The Morgan fingerprint density at radius 3 is 3.04 bits per heavy atom. The molecule has 2 heterocycles. The average molecular weight is 385 g/mol. The molecule has 7 heteroatoms. The first-order chi connectivity index (χ1) is 13.6. The third-order valence-electron chi connectivity index (χ3n) is 5.01. The number of carbonyl (C=O) groups excluding carboxylic acids is 1. The SMILES string of the molecule is CCNc1cc(N2CCC[C@@H](CCC(=O)NCc3cccc(F)c3)C2)ncn1. The second kappa shape index (κ2) is 10.0. The van der Waals surface area contributed by atoms with Crippen LogP contribution in [0.1, 0.15) is 38.2 Å². The zero-order valence-corrected chi connectivity index (χ0v) is 16.3. The van der Waals surface area contributed by atoms with E-state index in [1.54, 1.807) is 12.4 Å². The highest BCUT2D eigenvalue weighted by molar-refractivity contribution is 5.75. The molecule has 2 aromatic rings. The smallest absolute Gasteiger partial charge is 0.220 e. The molecule has 1 aliphatic heterocycles. The van der Waals surface area contributed by atoms with Crippen LogP contribution < -0.4 is 15.5 Å². The fourth-order valence-electron chi connectivity index (χ4n) is 3.58. The number of nitrogens with one attached hydrogen (secondary N) is 2. The van der Waals surface area contributed by atoms with Crippen LogP contribution in [0.25, 0.3) is 0 Å². The summed E-state index contributed by atoms with van der Waals surface area (Å²) in [5.74, 6) is 1.97. The maximum Gasteiger partial charge on any atom is 0.220 e. The van der Waals surface area contributed by atoms with Gasteiger partial charge in [-0.05, 0) is 49.8 Å². The monoisotopic (exact) mass is 385 g/mol. The Kier molecular flexibility index (Phi) is 7.17.